The number of sulfonamides is 1. The maximum absolute atomic E-state index is 12.8. The number of carbonyl (C=O) groups is 1. The molecule has 35 heavy (non-hydrogen) atoms. The van der Waals surface area contributed by atoms with E-state index in [1.165, 1.54) is 12.1 Å². The predicted molar refractivity (Wildman–Crippen MR) is 147 cm³/mol. The highest BCUT2D eigenvalue weighted by atomic mass is 79.9. The molecule has 3 N–H and O–H groups in total. The van der Waals surface area contributed by atoms with E-state index in [0.29, 0.717) is 27.2 Å². The Hall–Kier alpha value is -2.95. The zero-order valence-corrected chi connectivity index (χ0v) is 22.9. The van der Waals surface area contributed by atoms with E-state index >= 15 is 0 Å². The molecule has 10 heteroatoms. The summed E-state index contributed by atoms with van der Waals surface area (Å²) < 4.78 is 34.4. The molecule has 0 aliphatic carbocycles. The van der Waals surface area contributed by atoms with Gasteiger partial charge in [0.05, 0.1) is 21.2 Å². The van der Waals surface area contributed by atoms with Crippen LogP contribution in [0, 0.1) is 13.8 Å². The van der Waals surface area contributed by atoms with Gasteiger partial charge >= 0.3 is 0 Å². The molecule has 0 aliphatic rings. The topological polar surface area (TPSA) is 96.5 Å². The first-order valence-corrected chi connectivity index (χ1v) is 13.4. The van der Waals surface area contributed by atoms with E-state index in [-0.39, 0.29) is 16.1 Å². The molecule has 0 unspecified atom stereocenters. The van der Waals surface area contributed by atoms with Gasteiger partial charge in [-0.3, -0.25) is 14.8 Å². The lowest BCUT2D eigenvalue weighted by atomic mass is 10.1. The Kier molecular flexibility index (Phi) is 8.52. The number of aryl methyl sites for hydroxylation is 2. The van der Waals surface area contributed by atoms with Crippen molar-refractivity contribution in [2.75, 3.05) is 10.0 Å². The van der Waals surface area contributed by atoms with Gasteiger partial charge in [-0.1, -0.05) is 17.7 Å². The number of nitrogens with one attached hydrogen (secondary N) is 3. The van der Waals surface area contributed by atoms with Gasteiger partial charge in [0.1, 0.15) is 5.75 Å². The van der Waals surface area contributed by atoms with E-state index in [1.807, 2.05) is 39.8 Å². The van der Waals surface area contributed by atoms with Crippen LogP contribution in [0.1, 0.15) is 35.3 Å². The van der Waals surface area contributed by atoms with Crippen LogP contribution in [0.2, 0.25) is 0 Å². The monoisotopic (exact) mass is 575 g/mol. The molecule has 0 heterocycles. The molecule has 0 saturated carbocycles. The Morgan fingerprint density at radius 1 is 1.00 bits per heavy atom. The zero-order chi connectivity index (χ0) is 25.8. The lowest BCUT2D eigenvalue weighted by Gasteiger charge is -2.14. The normalized spacial score (nSPS) is 11.1. The van der Waals surface area contributed by atoms with Crippen molar-refractivity contribution in [2.45, 2.75) is 38.7 Å². The van der Waals surface area contributed by atoms with Crippen molar-refractivity contribution < 1.29 is 17.9 Å². The third-order valence-corrected chi connectivity index (χ3v) is 7.04. The summed E-state index contributed by atoms with van der Waals surface area (Å²) in [6.07, 6.45) is 0.00614. The zero-order valence-electron chi connectivity index (χ0n) is 19.7. The van der Waals surface area contributed by atoms with Crippen LogP contribution in [-0.4, -0.2) is 25.5 Å². The lowest BCUT2D eigenvalue weighted by Crippen LogP contribution is -2.34. The van der Waals surface area contributed by atoms with Crippen molar-refractivity contribution in [1.82, 2.24) is 5.32 Å². The minimum atomic E-state index is -3.76. The van der Waals surface area contributed by atoms with Gasteiger partial charge in [0.15, 0.2) is 5.11 Å². The highest BCUT2D eigenvalue weighted by Gasteiger charge is 2.16. The molecule has 3 aromatic carbocycles. The van der Waals surface area contributed by atoms with E-state index in [0.717, 1.165) is 11.1 Å². The molecule has 7 nitrogen and oxygen atoms in total. The van der Waals surface area contributed by atoms with E-state index in [4.69, 9.17) is 17.0 Å². The highest BCUT2D eigenvalue weighted by molar-refractivity contribution is 9.10. The fourth-order valence-electron chi connectivity index (χ4n) is 3.18. The lowest BCUT2D eigenvalue weighted by molar-refractivity contribution is 0.0977. The van der Waals surface area contributed by atoms with Gasteiger partial charge in [-0.15, -0.1) is 0 Å². The quantitative estimate of drug-likeness (QED) is 0.309. The number of rotatable bonds is 7. The summed E-state index contributed by atoms with van der Waals surface area (Å²) >= 11 is 8.64. The number of thiocarbonyl (C=S) groups is 1. The molecule has 184 valence electrons. The summed E-state index contributed by atoms with van der Waals surface area (Å²) in [6, 6.07) is 16.6. The van der Waals surface area contributed by atoms with Crippen molar-refractivity contribution in [2.24, 2.45) is 0 Å². The number of carbonyl (C=O) groups excluding carboxylic acids is 1. The first-order chi connectivity index (χ1) is 16.4. The Balaban J connectivity index is 1.62. The second-order valence-corrected chi connectivity index (χ2v) is 11.1. The summed E-state index contributed by atoms with van der Waals surface area (Å²) in [6.45, 7) is 7.63. The molecule has 0 saturated heterocycles. The molecular weight excluding hydrogens is 550 g/mol. The smallest absolute Gasteiger partial charge is 0.261 e. The van der Waals surface area contributed by atoms with Crippen LogP contribution in [0.15, 0.2) is 70.0 Å². The molecule has 1 amide bonds. The SMILES string of the molecule is Cc1ccc(NS(=O)(=O)c2ccc(NC(=S)NC(=O)c3ccc(OC(C)C)c(Br)c3)cc2)c(C)c1. The number of amides is 1. The summed E-state index contributed by atoms with van der Waals surface area (Å²) in [5, 5.41) is 5.58. The van der Waals surface area contributed by atoms with Crippen LogP contribution in [0.3, 0.4) is 0 Å². The van der Waals surface area contributed by atoms with Crippen molar-refractivity contribution in [3.8, 4) is 5.75 Å². The first kappa shape index (κ1) is 26.7. The van der Waals surface area contributed by atoms with Gasteiger partial charge < -0.3 is 10.1 Å². The summed E-state index contributed by atoms with van der Waals surface area (Å²) in [7, 11) is -3.76. The standard InChI is InChI=1S/C25H26BrN3O4S2/c1-15(2)33-23-12-6-18(14-21(23)26)24(30)28-25(34)27-19-7-9-20(10-8-19)35(31,32)29-22-11-5-16(3)13-17(22)4/h5-15,29H,1-4H3,(H2,27,28,30,34). The van der Waals surface area contributed by atoms with Crippen LogP contribution in [-0.2, 0) is 10.0 Å². The molecule has 3 rings (SSSR count). The molecule has 0 bridgehead atoms. The van der Waals surface area contributed by atoms with E-state index < -0.39 is 15.9 Å². The number of anilines is 2. The van der Waals surface area contributed by atoms with Gasteiger partial charge in [0, 0.05) is 11.3 Å². The molecule has 0 atom stereocenters. The third kappa shape index (κ3) is 7.27. The number of benzene rings is 3. The summed E-state index contributed by atoms with van der Waals surface area (Å²) in [5.74, 6) is 0.246. The van der Waals surface area contributed by atoms with Gasteiger partial charge in [-0.2, -0.15) is 0 Å². The Labute approximate surface area is 219 Å². The summed E-state index contributed by atoms with van der Waals surface area (Å²) in [5.41, 5.74) is 3.34. The Bertz CT molecular complexity index is 1360. The van der Waals surface area contributed by atoms with E-state index in [1.54, 1.807) is 36.4 Å². The number of hydrogen-bond donors (Lipinski definition) is 3. The molecule has 0 spiro atoms. The van der Waals surface area contributed by atoms with Crippen LogP contribution in [0.5, 0.6) is 5.75 Å². The second-order valence-electron chi connectivity index (χ2n) is 8.17. The van der Waals surface area contributed by atoms with Crippen LogP contribution in [0.4, 0.5) is 11.4 Å². The molecule has 0 aliphatic heterocycles. The minimum absolute atomic E-state index is 0.00614. The van der Waals surface area contributed by atoms with Crippen molar-refractivity contribution in [3.63, 3.8) is 0 Å². The van der Waals surface area contributed by atoms with Crippen molar-refractivity contribution in [1.29, 1.82) is 0 Å². The molecule has 0 fully saturated rings. The maximum atomic E-state index is 12.8. The van der Waals surface area contributed by atoms with E-state index in [2.05, 4.69) is 31.3 Å². The van der Waals surface area contributed by atoms with Gasteiger partial charge in [0.2, 0.25) is 0 Å². The fraction of sp³-hybridized carbons (Fsp3) is 0.200. The van der Waals surface area contributed by atoms with Gasteiger partial charge in [0.25, 0.3) is 15.9 Å². The van der Waals surface area contributed by atoms with Crippen LogP contribution < -0.4 is 20.1 Å². The second kappa shape index (κ2) is 11.2. The molecule has 3 aromatic rings. The highest BCUT2D eigenvalue weighted by Crippen LogP contribution is 2.27. The average molecular weight is 577 g/mol. The Morgan fingerprint density at radius 2 is 1.69 bits per heavy atom. The van der Waals surface area contributed by atoms with Crippen molar-refractivity contribution >= 4 is 60.6 Å². The predicted octanol–water partition coefficient (Wildman–Crippen LogP) is 5.78. The Morgan fingerprint density at radius 3 is 2.29 bits per heavy atom. The average Bonchev–Trinajstić information content (AvgIpc) is 2.77. The molecular formula is C25H26BrN3O4S2. The third-order valence-electron chi connectivity index (χ3n) is 4.83. The minimum Gasteiger partial charge on any atom is -0.490 e. The molecule has 0 aromatic heterocycles. The van der Waals surface area contributed by atoms with Gasteiger partial charge in [-0.05, 0) is 110 Å². The number of hydrogen-bond acceptors (Lipinski definition) is 5. The number of ether oxygens (including phenoxy) is 1. The fourth-order valence-corrected chi connectivity index (χ4v) is 4.99. The van der Waals surface area contributed by atoms with Crippen molar-refractivity contribution in [3.05, 3.63) is 81.8 Å². The summed E-state index contributed by atoms with van der Waals surface area (Å²) in [4.78, 5) is 12.7. The van der Waals surface area contributed by atoms with E-state index in [9.17, 15) is 13.2 Å². The first-order valence-electron chi connectivity index (χ1n) is 10.7. The molecule has 0 radical (unpaired) electrons. The van der Waals surface area contributed by atoms with Crippen LogP contribution >= 0.6 is 28.1 Å². The number of halogens is 1. The largest absolute Gasteiger partial charge is 0.490 e. The van der Waals surface area contributed by atoms with Crippen LogP contribution in [0.25, 0.3) is 0 Å². The van der Waals surface area contributed by atoms with Gasteiger partial charge in [-0.25, -0.2) is 8.42 Å². The maximum Gasteiger partial charge on any atom is 0.261 e.